The van der Waals surface area contributed by atoms with Gasteiger partial charge in [-0.1, -0.05) is 41.3 Å². The van der Waals surface area contributed by atoms with Crippen LogP contribution in [-0.4, -0.2) is 27.6 Å². The van der Waals surface area contributed by atoms with Gasteiger partial charge in [-0.05, 0) is 44.0 Å². The van der Waals surface area contributed by atoms with Gasteiger partial charge >= 0.3 is 0 Å². The van der Waals surface area contributed by atoms with Crippen LogP contribution in [0.1, 0.15) is 34.9 Å². The number of nitrogens with one attached hydrogen (secondary N) is 1. The van der Waals surface area contributed by atoms with Gasteiger partial charge in [0.25, 0.3) is 0 Å². The number of thioether (sulfide) groups is 1. The second-order valence-corrected chi connectivity index (χ2v) is 11.8. The molecule has 1 aliphatic heterocycles. The van der Waals surface area contributed by atoms with Crippen molar-refractivity contribution in [1.82, 2.24) is 10.2 Å². The highest BCUT2D eigenvalue weighted by Crippen LogP contribution is 2.48. The average Bonchev–Trinajstić information content (AvgIpc) is 3.52. The number of hydrogen-bond acceptors (Lipinski definition) is 10. The normalized spacial score (nSPS) is 17.7. The van der Waals surface area contributed by atoms with Gasteiger partial charge in [0, 0.05) is 33.1 Å². The molecule has 0 saturated carbocycles. The van der Waals surface area contributed by atoms with E-state index in [0.29, 0.717) is 39.9 Å². The van der Waals surface area contributed by atoms with Gasteiger partial charge in [-0.2, -0.15) is 5.26 Å². The maximum atomic E-state index is 13.2. The number of amides is 1. The minimum absolute atomic E-state index is 0.0363. The zero-order valence-corrected chi connectivity index (χ0v) is 21.8. The van der Waals surface area contributed by atoms with Crippen LogP contribution in [0, 0.1) is 18.3 Å². The number of thiophene rings is 1. The van der Waals surface area contributed by atoms with Crippen LogP contribution in [0.4, 0.5) is 10.8 Å². The van der Waals surface area contributed by atoms with Crippen LogP contribution in [0.25, 0.3) is 0 Å². The highest BCUT2D eigenvalue weighted by Gasteiger charge is 2.41. The molecule has 1 unspecified atom stereocenters. The Hall–Kier alpha value is -3.46. The lowest BCUT2D eigenvalue weighted by atomic mass is 9.78. The fourth-order valence-electron chi connectivity index (χ4n) is 4.40. The molecule has 0 spiro atoms. The van der Waals surface area contributed by atoms with E-state index in [4.69, 9.17) is 5.73 Å². The fraction of sp³-hybridized carbons (Fsp3) is 0.240. The Bertz CT molecular complexity index is 1430. The fourth-order valence-corrected chi connectivity index (χ4v) is 7.07. The summed E-state index contributed by atoms with van der Waals surface area (Å²) in [5.74, 6) is -0.129. The molecule has 11 heteroatoms. The third kappa shape index (κ3) is 4.67. The number of hydrogen-bond donors (Lipinski definition) is 2. The van der Waals surface area contributed by atoms with Gasteiger partial charge in [0.1, 0.15) is 5.82 Å². The Kier molecular flexibility index (Phi) is 6.91. The summed E-state index contributed by atoms with van der Waals surface area (Å²) < 4.78 is 0.597. The van der Waals surface area contributed by atoms with Gasteiger partial charge in [-0.3, -0.25) is 14.5 Å². The Balaban J connectivity index is 1.43. The summed E-state index contributed by atoms with van der Waals surface area (Å²) in [7, 11) is 0. The summed E-state index contributed by atoms with van der Waals surface area (Å²) in [6.45, 7) is 2.00. The number of carbonyl (C=O) groups is 2. The molecule has 3 heterocycles. The van der Waals surface area contributed by atoms with Crippen LogP contribution < -0.4 is 16.0 Å². The van der Waals surface area contributed by atoms with Crippen LogP contribution in [0.2, 0.25) is 0 Å². The summed E-state index contributed by atoms with van der Waals surface area (Å²) in [6, 6.07) is 15.5. The van der Waals surface area contributed by atoms with Crippen molar-refractivity contribution in [2.75, 3.05) is 16.0 Å². The molecule has 1 atom stereocenters. The number of carbonyl (C=O) groups excluding carboxylic acids is 2. The van der Waals surface area contributed by atoms with Crippen molar-refractivity contribution >= 4 is 56.9 Å². The zero-order chi connectivity index (χ0) is 25.2. The number of nitrogens with two attached hydrogens (primary N) is 1. The molecular weight excluding hydrogens is 513 g/mol. The van der Waals surface area contributed by atoms with Crippen LogP contribution in [0.15, 0.2) is 69.5 Å². The minimum Gasteiger partial charge on any atom is -0.384 e. The number of para-hydroxylation sites is 1. The molecule has 36 heavy (non-hydrogen) atoms. The maximum absolute atomic E-state index is 13.2. The Morgan fingerprint density at radius 3 is 2.75 bits per heavy atom. The van der Waals surface area contributed by atoms with Crippen molar-refractivity contribution in [2.45, 2.75) is 36.4 Å². The van der Waals surface area contributed by atoms with E-state index in [9.17, 15) is 14.9 Å². The highest BCUT2D eigenvalue weighted by atomic mass is 32.2. The average molecular weight is 535 g/mol. The zero-order valence-electron chi connectivity index (χ0n) is 19.4. The number of nitriles is 1. The van der Waals surface area contributed by atoms with Gasteiger partial charge < -0.3 is 11.1 Å². The van der Waals surface area contributed by atoms with E-state index in [1.165, 1.54) is 23.1 Å². The lowest BCUT2D eigenvalue weighted by Gasteiger charge is -2.37. The predicted molar refractivity (Wildman–Crippen MR) is 143 cm³/mol. The standard InChI is InChI=1S/C25H22N6O2S3/c1-14-10-11-19(35-14)21-16(12-26)23(27)31(17-8-5-9-18(32)22(17)21)24-29-30-25(36-24)34-13-20(33)28-15-6-3-2-4-7-15/h2-4,6-7,10-11,21H,5,8-9,13,27H2,1H3,(H,28,33). The number of allylic oxidation sites excluding steroid dienone is 3. The first-order valence-electron chi connectivity index (χ1n) is 11.3. The Morgan fingerprint density at radius 1 is 1.22 bits per heavy atom. The molecule has 0 fully saturated rings. The largest absolute Gasteiger partial charge is 0.384 e. The van der Waals surface area contributed by atoms with E-state index >= 15 is 0 Å². The summed E-state index contributed by atoms with van der Waals surface area (Å²) in [5, 5.41) is 22.0. The predicted octanol–water partition coefficient (Wildman–Crippen LogP) is 4.94. The van der Waals surface area contributed by atoms with E-state index < -0.39 is 5.92 Å². The molecule has 1 aromatic carbocycles. The molecule has 2 aromatic heterocycles. The molecule has 8 nitrogen and oxygen atoms in total. The SMILES string of the molecule is Cc1ccc(C2C(C#N)=C(N)N(c3nnc(SCC(=O)Nc4ccccc4)s3)C3=C2C(=O)CCC3)s1. The number of nitrogens with zero attached hydrogens (tertiary/aromatic N) is 4. The van der Waals surface area contributed by atoms with E-state index in [1.807, 2.05) is 49.4 Å². The molecule has 1 amide bonds. The van der Waals surface area contributed by atoms with Crippen LogP contribution in [0.5, 0.6) is 0 Å². The topological polar surface area (TPSA) is 125 Å². The van der Waals surface area contributed by atoms with Crippen molar-refractivity contribution in [1.29, 1.82) is 5.26 Å². The van der Waals surface area contributed by atoms with Gasteiger partial charge in [-0.25, -0.2) is 0 Å². The van der Waals surface area contributed by atoms with Crippen LogP contribution in [0.3, 0.4) is 0 Å². The Labute approximate surface area is 220 Å². The first kappa shape index (κ1) is 24.2. The number of ketones is 1. The molecule has 182 valence electrons. The lowest BCUT2D eigenvalue weighted by Crippen LogP contribution is -2.38. The van der Waals surface area contributed by atoms with Crippen molar-refractivity contribution in [3.8, 4) is 6.07 Å². The second-order valence-electron chi connectivity index (χ2n) is 8.32. The summed E-state index contributed by atoms with van der Waals surface area (Å²) in [4.78, 5) is 29.3. The number of rotatable bonds is 6. The van der Waals surface area contributed by atoms with E-state index in [-0.39, 0.29) is 23.3 Å². The first-order chi connectivity index (χ1) is 17.5. The molecule has 1 aliphatic carbocycles. The maximum Gasteiger partial charge on any atom is 0.234 e. The molecular formula is C25H22N6O2S3. The van der Waals surface area contributed by atoms with Crippen molar-refractivity contribution in [3.05, 3.63) is 74.9 Å². The number of benzene rings is 1. The molecule has 0 bridgehead atoms. The number of Topliss-reactive ketones (excluding diaryl/α,β-unsaturated/α-hetero) is 1. The molecule has 3 aromatic rings. The molecule has 0 saturated heterocycles. The summed E-state index contributed by atoms with van der Waals surface area (Å²) >= 11 is 4.13. The third-order valence-corrected chi connectivity index (χ3v) is 9.04. The van der Waals surface area contributed by atoms with Crippen molar-refractivity contribution in [2.24, 2.45) is 5.73 Å². The van der Waals surface area contributed by atoms with Gasteiger partial charge in [-0.15, -0.1) is 21.5 Å². The lowest BCUT2D eigenvalue weighted by molar-refractivity contribution is -0.116. The van der Waals surface area contributed by atoms with Crippen molar-refractivity contribution < 1.29 is 9.59 Å². The molecule has 5 rings (SSSR count). The molecule has 0 radical (unpaired) electrons. The second kappa shape index (κ2) is 10.3. The highest BCUT2D eigenvalue weighted by molar-refractivity contribution is 8.01. The first-order valence-corrected chi connectivity index (χ1v) is 13.9. The molecule has 2 aliphatic rings. The Morgan fingerprint density at radius 2 is 2.03 bits per heavy atom. The van der Waals surface area contributed by atoms with Crippen molar-refractivity contribution in [3.63, 3.8) is 0 Å². The minimum atomic E-state index is -0.462. The van der Waals surface area contributed by atoms with E-state index in [1.54, 1.807) is 16.2 Å². The number of aryl methyl sites for hydroxylation is 1. The monoisotopic (exact) mass is 534 g/mol. The quantitative estimate of drug-likeness (QED) is 0.426. The van der Waals surface area contributed by atoms with Crippen LogP contribution in [-0.2, 0) is 9.59 Å². The number of aromatic nitrogens is 2. The summed E-state index contributed by atoms with van der Waals surface area (Å²) in [6.07, 6.45) is 1.81. The van der Waals surface area contributed by atoms with Gasteiger partial charge in [0.05, 0.1) is 23.3 Å². The van der Waals surface area contributed by atoms with E-state index in [0.717, 1.165) is 21.1 Å². The van der Waals surface area contributed by atoms with Gasteiger partial charge in [0.15, 0.2) is 10.1 Å². The smallest absolute Gasteiger partial charge is 0.234 e. The molecule has 3 N–H and O–H groups in total. The van der Waals surface area contributed by atoms with Gasteiger partial charge in [0.2, 0.25) is 11.0 Å². The third-order valence-electron chi connectivity index (χ3n) is 5.93. The summed E-state index contributed by atoms with van der Waals surface area (Å²) in [5.41, 5.74) is 9.07. The number of anilines is 2. The van der Waals surface area contributed by atoms with Crippen LogP contribution >= 0.6 is 34.4 Å². The van der Waals surface area contributed by atoms with E-state index in [2.05, 4.69) is 21.6 Å².